The van der Waals surface area contributed by atoms with Crippen LogP contribution in [0.2, 0.25) is 0 Å². The molecule has 0 aliphatic carbocycles. The normalized spacial score (nSPS) is 12.0. The SMILES string of the molecule is Cc1cccc2c1sc1c(N(I)c3ccccc3C(C)(C)C)cccc12. The smallest absolute Gasteiger partial charge is 0.0689 e. The van der Waals surface area contributed by atoms with Gasteiger partial charge in [-0.05, 0) is 35.6 Å². The Morgan fingerprint density at radius 3 is 2.12 bits per heavy atom. The van der Waals surface area contributed by atoms with E-state index in [1.807, 2.05) is 11.3 Å². The van der Waals surface area contributed by atoms with Crippen LogP contribution < -0.4 is 3.11 Å². The molecule has 0 spiro atoms. The fourth-order valence-electron chi connectivity index (χ4n) is 3.51. The third kappa shape index (κ3) is 2.91. The van der Waals surface area contributed by atoms with Crippen molar-refractivity contribution in [3.05, 3.63) is 71.8 Å². The Morgan fingerprint density at radius 2 is 1.38 bits per heavy atom. The van der Waals surface area contributed by atoms with Crippen LogP contribution in [0, 0.1) is 6.92 Å². The molecule has 0 fully saturated rings. The molecule has 0 aliphatic rings. The second-order valence-corrected chi connectivity index (χ2v) is 9.74. The highest BCUT2D eigenvalue weighted by molar-refractivity contribution is 14.1. The number of anilines is 2. The molecule has 3 aromatic carbocycles. The quantitative estimate of drug-likeness (QED) is 0.211. The van der Waals surface area contributed by atoms with E-state index >= 15 is 0 Å². The van der Waals surface area contributed by atoms with E-state index < -0.39 is 0 Å². The van der Waals surface area contributed by atoms with Crippen molar-refractivity contribution >= 4 is 65.7 Å². The van der Waals surface area contributed by atoms with Crippen LogP contribution in [-0.2, 0) is 5.41 Å². The van der Waals surface area contributed by atoms with E-state index in [0.717, 1.165) is 0 Å². The van der Waals surface area contributed by atoms with Crippen molar-refractivity contribution in [2.75, 3.05) is 3.11 Å². The summed E-state index contributed by atoms with van der Waals surface area (Å²) in [6.07, 6.45) is 0. The first-order valence-corrected chi connectivity index (χ1v) is 10.6. The summed E-state index contributed by atoms with van der Waals surface area (Å²) in [5.74, 6) is 0. The summed E-state index contributed by atoms with van der Waals surface area (Å²) < 4.78 is 5.07. The molecule has 26 heavy (non-hydrogen) atoms. The Balaban J connectivity index is 1.96. The van der Waals surface area contributed by atoms with Crippen molar-refractivity contribution in [1.29, 1.82) is 0 Å². The molecule has 1 nitrogen and oxygen atoms in total. The number of hydrogen-bond acceptors (Lipinski definition) is 2. The van der Waals surface area contributed by atoms with Crippen molar-refractivity contribution in [2.24, 2.45) is 0 Å². The van der Waals surface area contributed by atoms with Crippen molar-refractivity contribution in [1.82, 2.24) is 0 Å². The van der Waals surface area contributed by atoms with E-state index in [2.05, 4.69) is 114 Å². The molecule has 0 saturated heterocycles. The van der Waals surface area contributed by atoms with Gasteiger partial charge in [-0.3, -0.25) is 3.11 Å². The van der Waals surface area contributed by atoms with E-state index in [9.17, 15) is 0 Å². The van der Waals surface area contributed by atoms with Crippen LogP contribution in [0.15, 0.2) is 60.7 Å². The number of benzene rings is 3. The Morgan fingerprint density at radius 1 is 0.769 bits per heavy atom. The molecule has 0 atom stereocenters. The van der Waals surface area contributed by atoms with E-state index in [1.165, 1.54) is 42.7 Å². The maximum atomic E-state index is 2.46. The zero-order valence-electron chi connectivity index (χ0n) is 15.5. The van der Waals surface area contributed by atoms with E-state index in [0.29, 0.717) is 0 Å². The largest absolute Gasteiger partial charge is 0.281 e. The van der Waals surface area contributed by atoms with Gasteiger partial charge < -0.3 is 0 Å². The summed E-state index contributed by atoms with van der Waals surface area (Å²) in [7, 11) is 0. The molecule has 0 saturated carbocycles. The summed E-state index contributed by atoms with van der Waals surface area (Å²) in [5, 5.41) is 2.71. The summed E-state index contributed by atoms with van der Waals surface area (Å²) in [6, 6.07) is 22.0. The number of para-hydroxylation sites is 1. The molecule has 0 N–H and O–H groups in total. The zero-order chi connectivity index (χ0) is 18.5. The van der Waals surface area contributed by atoms with Crippen molar-refractivity contribution in [3.63, 3.8) is 0 Å². The number of hydrogen-bond donors (Lipinski definition) is 0. The van der Waals surface area contributed by atoms with Gasteiger partial charge in [0.05, 0.1) is 38.9 Å². The van der Waals surface area contributed by atoms with Gasteiger partial charge in [-0.15, -0.1) is 11.3 Å². The lowest BCUT2D eigenvalue weighted by molar-refractivity contribution is 0.592. The molecular formula is C23H22INS. The van der Waals surface area contributed by atoms with Crippen LogP contribution >= 0.6 is 34.2 Å². The highest BCUT2D eigenvalue weighted by atomic mass is 127. The minimum Gasteiger partial charge on any atom is -0.281 e. The van der Waals surface area contributed by atoms with Crippen LogP contribution in [0.4, 0.5) is 11.4 Å². The molecular weight excluding hydrogens is 449 g/mol. The molecule has 4 aromatic rings. The number of fused-ring (bicyclic) bond motifs is 3. The average molecular weight is 471 g/mol. The minimum absolute atomic E-state index is 0.102. The monoisotopic (exact) mass is 471 g/mol. The minimum atomic E-state index is 0.102. The molecule has 0 radical (unpaired) electrons. The fourth-order valence-corrected chi connectivity index (χ4v) is 5.77. The average Bonchev–Trinajstić information content (AvgIpc) is 3.01. The van der Waals surface area contributed by atoms with Gasteiger partial charge in [0, 0.05) is 15.5 Å². The summed E-state index contributed by atoms with van der Waals surface area (Å²) >= 11 is 4.37. The van der Waals surface area contributed by atoms with Crippen LogP contribution in [0.1, 0.15) is 31.9 Å². The van der Waals surface area contributed by atoms with Crippen molar-refractivity contribution in [3.8, 4) is 0 Å². The van der Waals surface area contributed by atoms with Crippen molar-refractivity contribution in [2.45, 2.75) is 33.1 Å². The van der Waals surface area contributed by atoms with Gasteiger partial charge in [0.2, 0.25) is 0 Å². The number of nitrogens with zero attached hydrogens (tertiary/aromatic N) is 1. The topological polar surface area (TPSA) is 3.24 Å². The summed E-state index contributed by atoms with van der Waals surface area (Å²) in [4.78, 5) is 0. The fraction of sp³-hybridized carbons (Fsp3) is 0.217. The Hall–Kier alpha value is -1.59. The highest BCUT2D eigenvalue weighted by Gasteiger charge is 2.22. The number of rotatable bonds is 2. The first kappa shape index (κ1) is 17.8. The van der Waals surface area contributed by atoms with Crippen molar-refractivity contribution < 1.29 is 0 Å². The first-order chi connectivity index (χ1) is 12.4. The molecule has 4 rings (SSSR count). The Labute approximate surface area is 173 Å². The van der Waals surface area contributed by atoms with E-state index in [4.69, 9.17) is 0 Å². The van der Waals surface area contributed by atoms with E-state index in [1.54, 1.807) is 0 Å². The van der Waals surface area contributed by atoms with Crippen LogP contribution in [0.25, 0.3) is 20.2 Å². The molecule has 1 aromatic heterocycles. The predicted octanol–water partition coefficient (Wildman–Crippen LogP) is 8.15. The van der Waals surface area contributed by atoms with Gasteiger partial charge >= 0.3 is 0 Å². The number of aryl methyl sites for hydroxylation is 1. The number of halogens is 1. The lowest BCUT2D eigenvalue weighted by atomic mass is 9.86. The molecule has 132 valence electrons. The molecule has 0 unspecified atom stereocenters. The molecule has 1 heterocycles. The lowest BCUT2D eigenvalue weighted by Crippen LogP contribution is -2.15. The lowest BCUT2D eigenvalue weighted by Gasteiger charge is -2.27. The van der Waals surface area contributed by atoms with Crippen LogP contribution in [0.5, 0.6) is 0 Å². The second kappa shape index (κ2) is 6.54. The van der Waals surface area contributed by atoms with Gasteiger partial charge in [0.25, 0.3) is 0 Å². The summed E-state index contributed by atoms with van der Waals surface area (Å²) in [6.45, 7) is 9.03. The Kier molecular flexibility index (Phi) is 4.48. The Bertz CT molecular complexity index is 1100. The highest BCUT2D eigenvalue weighted by Crippen LogP contribution is 2.45. The van der Waals surface area contributed by atoms with Gasteiger partial charge in [0.1, 0.15) is 0 Å². The molecule has 0 aliphatic heterocycles. The maximum Gasteiger partial charge on any atom is 0.0689 e. The third-order valence-corrected chi connectivity index (χ3v) is 7.25. The zero-order valence-corrected chi connectivity index (χ0v) is 18.5. The van der Waals surface area contributed by atoms with Gasteiger partial charge in [0.15, 0.2) is 0 Å². The summed E-state index contributed by atoms with van der Waals surface area (Å²) in [5.41, 5.74) is 5.35. The molecule has 0 bridgehead atoms. The van der Waals surface area contributed by atoms with Gasteiger partial charge in [-0.2, -0.15) is 0 Å². The van der Waals surface area contributed by atoms with E-state index in [-0.39, 0.29) is 5.41 Å². The standard InChI is InChI=1S/C23H22INS/c1-15-9-7-10-16-17-11-8-14-20(22(17)26-21(15)16)25(24)19-13-6-5-12-18(19)23(2,3)4/h5-14H,1-4H3. The third-order valence-electron chi connectivity index (χ3n) is 4.84. The first-order valence-electron chi connectivity index (χ1n) is 8.84. The molecule has 0 amide bonds. The predicted molar refractivity (Wildman–Crippen MR) is 125 cm³/mol. The molecule has 3 heteroatoms. The maximum absolute atomic E-state index is 2.46. The van der Waals surface area contributed by atoms with Gasteiger partial charge in [-0.1, -0.05) is 69.3 Å². The number of thiophene rings is 1. The van der Waals surface area contributed by atoms with Crippen LogP contribution in [-0.4, -0.2) is 0 Å². The second-order valence-electron chi connectivity index (χ2n) is 7.76. The van der Waals surface area contributed by atoms with Crippen LogP contribution in [0.3, 0.4) is 0 Å². The van der Waals surface area contributed by atoms with Gasteiger partial charge in [-0.25, -0.2) is 0 Å².